The fourth-order valence-corrected chi connectivity index (χ4v) is 2.92. The molecule has 1 aromatic heterocycles. The second kappa shape index (κ2) is 8.90. The van der Waals surface area contributed by atoms with Gasteiger partial charge in [0.2, 0.25) is 5.91 Å². The first-order chi connectivity index (χ1) is 14.7. The number of aryl methyl sites for hydroxylation is 1. The van der Waals surface area contributed by atoms with Crippen LogP contribution in [0.5, 0.6) is 5.75 Å². The number of nitrogens with zero attached hydrogens (tertiary/aromatic N) is 2. The summed E-state index contributed by atoms with van der Waals surface area (Å²) in [6.45, 7) is 1.28. The maximum absolute atomic E-state index is 13.7. The van der Waals surface area contributed by atoms with Gasteiger partial charge in [-0.2, -0.15) is 18.3 Å². The highest BCUT2D eigenvalue weighted by Crippen LogP contribution is 2.33. The van der Waals surface area contributed by atoms with Gasteiger partial charge in [0, 0.05) is 0 Å². The molecule has 2 aromatic carbocycles. The molecule has 10 heteroatoms. The number of amides is 2. The Kier molecular flexibility index (Phi) is 6.28. The van der Waals surface area contributed by atoms with Gasteiger partial charge in [0.25, 0.3) is 5.91 Å². The molecule has 7 nitrogen and oxygen atoms in total. The maximum Gasteiger partial charge on any atom is 0.434 e. The normalized spacial score (nSPS) is 11.1. The van der Waals surface area contributed by atoms with Crippen molar-refractivity contribution in [2.45, 2.75) is 13.1 Å². The molecule has 31 heavy (non-hydrogen) atoms. The number of alkyl halides is 3. The molecule has 0 atom stereocenters. The number of benzene rings is 2. The van der Waals surface area contributed by atoms with Gasteiger partial charge in [0.05, 0.1) is 36.8 Å². The molecular weight excluding hydrogens is 413 g/mol. The number of aromatic nitrogens is 2. The van der Waals surface area contributed by atoms with Gasteiger partial charge in [0.15, 0.2) is 5.69 Å². The largest absolute Gasteiger partial charge is 0.495 e. The molecule has 0 radical (unpaired) electrons. The smallest absolute Gasteiger partial charge is 0.434 e. The number of ether oxygens (including phenoxy) is 1. The van der Waals surface area contributed by atoms with Crippen LogP contribution in [0.4, 0.5) is 18.9 Å². The number of nitrogens with one attached hydrogen (secondary N) is 2. The lowest BCUT2D eigenvalue weighted by Crippen LogP contribution is -2.34. The SMILES string of the molecule is COc1ccc(C)cc1NC(=O)CNC(=O)c1cnn(-c2ccccc2)c1C(F)(F)F. The van der Waals surface area contributed by atoms with Gasteiger partial charge in [0.1, 0.15) is 5.75 Å². The van der Waals surface area contributed by atoms with Gasteiger partial charge in [-0.3, -0.25) is 9.59 Å². The van der Waals surface area contributed by atoms with Gasteiger partial charge in [-0.05, 0) is 36.8 Å². The summed E-state index contributed by atoms with van der Waals surface area (Å²) in [4.78, 5) is 24.6. The van der Waals surface area contributed by atoms with E-state index in [1.165, 1.54) is 19.2 Å². The summed E-state index contributed by atoms with van der Waals surface area (Å²) in [5.74, 6) is -1.28. The second-order valence-electron chi connectivity index (χ2n) is 6.59. The summed E-state index contributed by atoms with van der Waals surface area (Å²) in [6, 6.07) is 12.8. The van der Waals surface area contributed by atoms with Crippen molar-refractivity contribution in [1.29, 1.82) is 0 Å². The fraction of sp³-hybridized carbons (Fsp3) is 0.190. The number of carbonyl (C=O) groups is 2. The minimum absolute atomic E-state index is 0.151. The number of anilines is 1. The third-order valence-corrected chi connectivity index (χ3v) is 4.32. The monoisotopic (exact) mass is 432 g/mol. The van der Waals surface area contributed by atoms with Crippen LogP contribution in [0.15, 0.2) is 54.7 Å². The Morgan fingerprint density at radius 1 is 1.13 bits per heavy atom. The third-order valence-electron chi connectivity index (χ3n) is 4.32. The molecule has 3 aromatic rings. The molecule has 3 rings (SSSR count). The summed E-state index contributed by atoms with van der Waals surface area (Å²) in [6.07, 6.45) is -4.01. The number of methoxy groups -OCH3 is 1. The van der Waals surface area contributed by atoms with Gasteiger partial charge in [-0.25, -0.2) is 4.68 Å². The molecule has 0 saturated carbocycles. The number of hydrogen-bond donors (Lipinski definition) is 2. The van der Waals surface area contributed by atoms with Crippen molar-refractivity contribution in [1.82, 2.24) is 15.1 Å². The highest BCUT2D eigenvalue weighted by Gasteiger charge is 2.40. The first kappa shape index (κ1) is 21.9. The van der Waals surface area contributed by atoms with E-state index in [0.29, 0.717) is 16.1 Å². The lowest BCUT2D eigenvalue weighted by molar-refractivity contribution is -0.143. The van der Waals surface area contributed by atoms with E-state index < -0.39 is 35.8 Å². The maximum atomic E-state index is 13.7. The number of hydrogen-bond acceptors (Lipinski definition) is 4. The summed E-state index contributed by atoms with van der Waals surface area (Å²) in [5.41, 5.74) is -0.509. The van der Waals surface area contributed by atoms with E-state index in [9.17, 15) is 22.8 Å². The third kappa shape index (κ3) is 5.03. The Morgan fingerprint density at radius 3 is 2.48 bits per heavy atom. The van der Waals surface area contributed by atoms with Crippen LogP contribution in [0.2, 0.25) is 0 Å². The van der Waals surface area contributed by atoms with Crippen LogP contribution in [0.1, 0.15) is 21.6 Å². The van der Waals surface area contributed by atoms with Crippen LogP contribution >= 0.6 is 0 Å². The lowest BCUT2D eigenvalue weighted by atomic mass is 10.2. The lowest BCUT2D eigenvalue weighted by Gasteiger charge is -2.13. The Balaban J connectivity index is 1.76. The Hall–Kier alpha value is -3.82. The Morgan fingerprint density at radius 2 is 1.84 bits per heavy atom. The van der Waals surface area contributed by atoms with E-state index in [2.05, 4.69) is 15.7 Å². The fourth-order valence-electron chi connectivity index (χ4n) is 2.92. The topological polar surface area (TPSA) is 85.2 Å². The van der Waals surface area contributed by atoms with Crippen molar-refractivity contribution in [2.24, 2.45) is 0 Å². The molecule has 0 unspecified atom stereocenters. The first-order valence-electron chi connectivity index (χ1n) is 9.14. The molecule has 1 heterocycles. The van der Waals surface area contributed by atoms with Crippen molar-refractivity contribution in [3.05, 3.63) is 71.5 Å². The number of para-hydroxylation sites is 1. The zero-order chi connectivity index (χ0) is 22.6. The second-order valence-corrected chi connectivity index (χ2v) is 6.59. The molecule has 0 saturated heterocycles. The number of carbonyl (C=O) groups excluding carboxylic acids is 2. The molecule has 0 bridgehead atoms. The highest BCUT2D eigenvalue weighted by molar-refractivity contribution is 6.00. The van der Waals surface area contributed by atoms with Crippen LogP contribution in [-0.2, 0) is 11.0 Å². The van der Waals surface area contributed by atoms with Crippen molar-refractivity contribution in [2.75, 3.05) is 19.0 Å². The zero-order valence-electron chi connectivity index (χ0n) is 16.7. The molecule has 0 fully saturated rings. The highest BCUT2D eigenvalue weighted by atomic mass is 19.4. The predicted molar refractivity (Wildman–Crippen MR) is 107 cm³/mol. The van der Waals surface area contributed by atoms with Gasteiger partial charge >= 0.3 is 6.18 Å². The van der Waals surface area contributed by atoms with Crippen LogP contribution in [0.3, 0.4) is 0 Å². The van der Waals surface area contributed by atoms with E-state index in [1.807, 2.05) is 6.92 Å². The average molecular weight is 432 g/mol. The summed E-state index contributed by atoms with van der Waals surface area (Å²) in [5, 5.41) is 8.49. The van der Waals surface area contributed by atoms with E-state index in [0.717, 1.165) is 11.8 Å². The minimum Gasteiger partial charge on any atom is -0.495 e. The Bertz CT molecular complexity index is 1090. The summed E-state index contributed by atoms with van der Waals surface area (Å²) in [7, 11) is 1.44. The molecule has 0 aliphatic rings. The van der Waals surface area contributed by atoms with Crippen molar-refractivity contribution < 1.29 is 27.5 Å². The van der Waals surface area contributed by atoms with Crippen molar-refractivity contribution in [3.63, 3.8) is 0 Å². The van der Waals surface area contributed by atoms with Crippen LogP contribution in [0, 0.1) is 6.92 Å². The van der Waals surface area contributed by atoms with E-state index in [-0.39, 0.29) is 5.69 Å². The van der Waals surface area contributed by atoms with Crippen molar-refractivity contribution in [3.8, 4) is 11.4 Å². The first-order valence-corrected chi connectivity index (χ1v) is 9.14. The van der Waals surface area contributed by atoms with Crippen LogP contribution in [-0.4, -0.2) is 35.2 Å². The molecule has 0 aliphatic carbocycles. The van der Waals surface area contributed by atoms with Crippen molar-refractivity contribution >= 4 is 17.5 Å². The van der Waals surface area contributed by atoms with E-state index in [1.54, 1.807) is 36.4 Å². The zero-order valence-corrected chi connectivity index (χ0v) is 16.7. The van der Waals surface area contributed by atoms with Gasteiger partial charge < -0.3 is 15.4 Å². The molecular formula is C21H19F3N4O3. The number of rotatable bonds is 6. The predicted octanol–water partition coefficient (Wildman–Crippen LogP) is 3.58. The van der Waals surface area contributed by atoms with Crippen LogP contribution in [0.25, 0.3) is 5.69 Å². The summed E-state index contributed by atoms with van der Waals surface area (Å²) >= 11 is 0. The average Bonchev–Trinajstić information content (AvgIpc) is 3.19. The Labute approximate surface area is 175 Å². The van der Waals surface area contributed by atoms with Gasteiger partial charge in [-0.1, -0.05) is 24.3 Å². The summed E-state index contributed by atoms with van der Waals surface area (Å²) < 4.78 is 46.8. The molecule has 0 aliphatic heterocycles. The molecule has 0 spiro atoms. The number of halogens is 3. The van der Waals surface area contributed by atoms with Gasteiger partial charge in [-0.15, -0.1) is 0 Å². The van der Waals surface area contributed by atoms with E-state index in [4.69, 9.17) is 4.74 Å². The van der Waals surface area contributed by atoms with Crippen LogP contribution < -0.4 is 15.4 Å². The molecule has 2 N–H and O–H groups in total. The quantitative estimate of drug-likeness (QED) is 0.624. The molecule has 2 amide bonds. The molecule has 162 valence electrons. The van der Waals surface area contributed by atoms with E-state index >= 15 is 0 Å². The standard InChI is InChI=1S/C21H19F3N4O3/c1-13-8-9-17(31-2)16(10-13)27-18(29)12-25-20(30)15-11-26-28(19(15)21(22,23)24)14-6-4-3-5-7-14/h3-11H,12H2,1-2H3,(H,25,30)(H,27,29). The minimum atomic E-state index is -4.84.